The number of esters is 1. The Morgan fingerprint density at radius 1 is 1.00 bits per heavy atom. The van der Waals surface area contributed by atoms with Crippen LogP contribution in [-0.2, 0) is 19.0 Å². The number of hydrogen-bond donors (Lipinski definition) is 0. The Kier molecular flexibility index (Phi) is 15.4. The van der Waals surface area contributed by atoms with Gasteiger partial charge in [0.25, 0.3) is 0 Å². The van der Waals surface area contributed by atoms with Gasteiger partial charge in [-0.1, -0.05) is 44.4 Å². The van der Waals surface area contributed by atoms with Gasteiger partial charge in [-0.2, -0.15) is 0 Å². The molecule has 0 fully saturated rings. The van der Waals surface area contributed by atoms with E-state index in [9.17, 15) is 4.79 Å². The molecule has 0 aliphatic carbocycles. The molecular formula is C20H32O4. The zero-order valence-corrected chi connectivity index (χ0v) is 15.2. The molecular weight excluding hydrogens is 304 g/mol. The Hall–Kier alpha value is -1.49. The summed E-state index contributed by atoms with van der Waals surface area (Å²) in [7, 11) is 1.52. The summed E-state index contributed by atoms with van der Waals surface area (Å²) in [6.45, 7) is 1.82. The number of rotatable bonds is 15. The van der Waals surface area contributed by atoms with Crippen LogP contribution in [0.1, 0.15) is 71.1 Å². The van der Waals surface area contributed by atoms with Gasteiger partial charge in [-0.3, -0.25) is 4.79 Å². The Bertz CT molecular complexity index is 391. The van der Waals surface area contributed by atoms with Gasteiger partial charge in [0.2, 0.25) is 0 Å². The quantitative estimate of drug-likeness (QED) is 0.196. The second-order valence-electron chi connectivity index (χ2n) is 5.89. The van der Waals surface area contributed by atoms with Gasteiger partial charge in [0, 0.05) is 20.0 Å². The lowest BCUT2D eigenvalue weighted by atomic mass is 10.1. The summed E-state index contributed by atoms with van der Waals surface area (Å²) in [5.74, 6) is 4.90. The minimum absolute atomic E-state index is 0.0828. The maximum absolute atomic E-state index is 11.8. The first-order valence-corrected chi connectivity index (χ1v) is 8.85. The van der Waals surface area contributed by atoms with Crippen LogP contribution in [0.2, 0.25) is 0 Å². The molecule has 4 nitrogen and oxygen atoms in total. The van der Waals surface area contributed by atoms with Crippen molar-refractivity contribution in [2.45, 2.75) is 83.3 Å². The Morgan fingerprint density at radius 3 is 2.12 bits per heavy atom. The molecule has 0 rings (SSSR count). The standard InChI is InChI=1S/C20H32O4/c1-5-7-8-9-10-11-12-13-14-15-16-20(21)24-18(3)19(6-2)23-17-22-4/h1-2,18-19H,7-17H2,3-4H3/t18-,19+/m0/s1. The molecule has 2 atom stereocenters. The monoisotopic (exact) mass is 336 g/mol. The van der Waals surface area contributed by atoms with Gasteiger partial charge in [0.15, 0.2) is 6.10 Å². The number of terminal acetylenes is 2. The highest BCUT2D eigenvalue weighted by molar-refractivity contribution is 5.69. The van der Waals surface area contributed by atoms with Crippen LogP contribution in [-0.4, -0.2) is 32.1 Å². The third kappa shape index (κ3) is 13.0. The highest BCUT2D eigenvalue weighted by Crippen LogP contribution is 2.12. The fraction of sp³-hybridized carbons (Fsp3) is 0.750. The second-order valence-corrected chi connectivity index (χ2v) is 5.89. The maximum atomic E-state index is 11.8. The zero-order valence-electron chi connectivity index (χ0n) is 15.2. The number of ether oxygens (including phenoxy) is 3. The average molecular weight is 336 g/mol. The molecule has 0 amide bonds. The van der Waals surface area contributed by atoms with Crippen molar-refractivity contribution in [2.24, 2.45) is 0 Å². The molecule has 0 aliphatic rings. The molecule has 0 saturated heterocycles. The molecule has 0 heterocycles. The van der Waals surface area contributed by atoms with E-state index < -0.39 is 12.2 Å². The lowest BCUT2D eigenvalue weighted by Crippen LogP contribution is -2.30. The summed E-state index contributed by atoms with van der Waals surface area (Å²) in [6.07, 6.45) is 19.9. The van der Waals surface area contributed by atoms with Gasteiger partial charge < -0.3 is 14.2 Å². The Morgan fingerprint density at radius 2 is 1.58 bits per heavy atom. The summed E-state index contributed by atoms with van der Waals surface area (Å²) in [5, 5.41) is 0. The van der Waals surface area contributed by atoms with Crippen LogP contribution in [0.3, 0.4) is 0 Å². The van der Waals surface area contributed by atoms with Crippen molar-refractivity contribution < 1.29 is 19.0 Å². The van der Waals surface area contributed by atoms with E-state index in [-0.39, 0.29) is 12.8 Å². The van der Waals surface area contributed by atoms with Crippen molar-refractivity contribution in [1.29, 1.82) is 0 Å². The lowest BCUT2D eigenvalue weighted by molar-refractivity contribution is -0.158. The van der Waals surface area contributed by atoms with Crippen molar-refractivity contribution in [1.82, 2.24) is 0 Å². The minimum Gasteiger partial charge on any atom is -0.459 e. The van der Waals surface area contributed by atoms with E-state index in [0.717, 1.165) is 32.1 Å². The highest BCUT2D eigenvalue weighted by atomic mass is 16.7. The number of unbranched alkanes of at least 4 members (excludes halogenated alkanes) is 8. The molecule has 136 valence electrons. The first kappa shape index (κ1) is 22.5. The molecule has 0 N–H and O–H groups in total. The molecule has 0 unspecified atom stereocenters. The summed E-state index contributed by atoms with van der Waals surface area (Å²) in [6, 6.07) is 0. The number of carbonyl (C=O) groups is 1. The molecule has 0 aliphatic heterocycles. The van der Waals surface area contributed by atoms with Crippen LogP contribution in [0.5, 0.6) is 0 Å². The van der Waals surface area contributed by atoms with Crippen molar-refractivity contribution in [3.8, 4) is 24.7 Å². The highest BCUT2D eigenvalue weighted by Gasteiger charge is 2.19. The van der Waals surface area contributed by atoms with Crippen LogP contribution < -0.4 is 0 Å². The van der Waals surface area contributed by atoms with E-state index in [1.54, 1.807) is 6.92 Å². The van der Waals surface area contributed by atoms with E-state index in [2.05, 4.69) is 11.8 Å². The van der Waals surface area contributed by atoms with Gasteiger partial charge in [-0.25, -0.2) is 0 Å². The van der Waals surface area contributed by atoms with Gasteiger partial charge in [0.05, 0.1) is 0 Å². The second kappa shape index (κ2) is 16.4. The van der Waals surface area contributed by atoms with Crippen LogP contribution in [0.25, 0.3) is 0 Å². The van der Waals surface area contributed by atoms with Crippen LogP contribution >= 0.6 is 0 Å². The molecule has 0 aromatic carbocycles. The molecule has 4 heteroatoms. The first-order chi connectivity index (χ1) is 11.7. The van der Waals surface area contributed by atoms with Gasteiger partial charge in [0.1, 0.15) is 12.9 Å². The minimum atomic E-state index is -0.580. The molecule has 0 spiro atoms. The fourth-order valence-corrected chi connectivity index (χ4v) is 2.35. The van der Waals surface area contributed by atoms with Crippen LogP contribution in [0.4, 0.5) is 0 Å². The Balaban J connectivity index is 3.58. The predicted octanol–water partition coefficient (Wildman–Crippen LogP) is 4.07. The summed E-state index contributed by atoms with van der Waals surface area (Å²) in [5.41, 5.74) is 0. The first-order valence-electron chi connectivity index (χ1n) is 8.85. The molecule has 0 bridgehead atoms. The van der Waals surface area contributed by atoms with E-state index in [1.165, 1.54) is 32.8 Å². The van der Waals surface area contributed by atoms with Gasteiger partial charge >= 0.3 is 5.97 Å². The number of hydrogen-bond acceptors (Lipinski definition) is 4. The van der Waals surface area contributed by atoms with Crippen LogP contribution in [0, 0.1) is 24.7 Å². The Labute approximate surface area is 147 Å². The smallest absolute Gasteiger partial charge is 0.306 e. The van der Waals surface area contributed by atoms with Crippen molar-refractivity contribution >= 4 is 5.97 Å². The van der Waals surface area contributed by atoms with Gasteiger partial charge in [-0.05, 0) is 19.8 Å². The molecule has 0 radical (unpaired) electrons. The molecule has 0 aromatic rings. The van der Waals surface area contributed by atoms with E-state index >= 15 is 0 Å². The predicted molar refractivity (Wildman–Crippen MR) is 96.1 cm³/mol. The summed E-state index contributed by atoms with van der Waals surface area (Å²) in [4.78, 5) is 11.8. The van der Waals surface area contributed by atoms with E-state index in [0.29, 0.717) is 6.42 Å². The number of carbonyl (C=O) groups excluding carboxylic acids is 1. The maximum Gasteiger partial charge on any atom is 0.306 e. The van der Waals surface area contributed by atoms with E-state index in [4.69, 9.17) is 27.1 Å². The third-order valence-corrected chi connectivity index (χ3v) is 3.73. The molecule has 0 aromatic heterocycles. The topological polar surface area (TPSA) is 44.8 Å². The normalized spacial score (nSPS) is 12.8. The van der Waals surface area contributed by atoms with Crippen molar-refractivity contribution in [2.75, 3.05) is 13.9 Å². The SMILES string of the molecule is C#CCCCCCCCCCCC(=O)O[C@@H](C)[C@@H](C#C)OCOC. The largest absolute Gasteiger partial charge is 0.459 e. The lowest BCUT2D eigenvalue weighted by Gasteiger charge is -2.19. The number of methoxy groups -OCH3 is 1. The van der Waals surface area contributed by atoms with Crippen molar-refractivity contribution in [3.05, 3.63) is 0 Å². The van der Waals surface area contributed by atoms with Crippen molar-refractivity contribution in [3.63, 3.8) is 0 Å². The summed E-state index contributed by atoms with van der Waals surface area (Å²) >= 11 is 0. The molecule has 0 saturated carbocycles. The van der Waals surface area contributed by atoms with E-state index in [1.807, 2.05) is 0 Å². The van der Waals surface area contributed by atoms with Crippen LogP contribution in [0.15, 0.2) is 0 Å². The zero-order chi connectivity index (χ0) is 18.0. The molecule has 24 heavy (non-hydrogen) atoms. The summed E-state index contributed by atoms with van der Waals surface area (Å²) < 4.78 is 15.4. The third-order valence-electron chi connectivity index (χ3n) is 3.73. The fourth-order valence-electron chi connectivity index (χ4n) is 2.35. The van der Waals surface area contributed by atoms with Gasteiger partial charge in [-0.15, -0.1) is 18.8 Å². The average Bonchev–Trinajstić information content (AvgIpc) is 2.57.